The second kappa shape index (κ2) is 4.84. The van der Waals surface area contributed by atoms with Crippen molar-refractivity contribution in [3.05, 3.63) is 0 Å². The van der Waals surface area contributed by atoms with Gasteiger partial charge in [0.1, 0.15) is 6.42 Å². The number of rotatable bonds is 1. The van der Waals surface area contributed by atoms with Gasteiger partial charge in [0.15, 0.2) is 0 Å². The van der Waals surface area contributed by atoms with Crippen molar-refractivity contribution >= 4 is 5.91 Å². The summed E-state index contributed by atoms with van der Waals surface area (Å²) >= 11 is 0. The normalized spacial score (nSPS) is 30.1. The van der Waals surface area contributed by atoms with Gasteiger partial charge in [-0.2, -0.15) is 5.26 Å². The smallest absolute Gasteiger partial charge is 0.236 e. The van der Waals surface area contributed by atoms with Crippen molar-refractivity contribution in [1.82, 2.24) is 4.90 Å². The molecule has 4 nitrogen and oxygen atoms in total. The lowest BCUT2D eigenvalue weighted by molar-refractivity contribution is -0.148. The monoisotopic (exact) mass is 222 g/mol. The van der Waals surface area contributed by atoms with Crippen molar-refractivity contribution in [2.45, 2.75) is 44.1 Å². The van der Waals surface area contributed by atoms with Gasteiger partial charge in [-0.1, -0.05) is 0 Å². The molecule has 2 fully saturated rings. The molecule has 1 amide bonds. The number of hydrogen-bond acceptors (Lipinski definition) is 3. The molecular weight excluding hydrogens is 204 g/mol. The molecule has 2 rings (SSSR count). The minimum atomic E-state index is -0.0956. The van der Waals surface area contributed by atoms with Crippen LogP contribution in [0.2, 0.25) is 0 Å². The summed E-state index contributed by atoms with van der Waals surface area (Å²) in [4.78, 5) is 13.5. The second-order valence-corrected chi connectivity index (χ2v) is 4.74. The third-order valence-electron chi connectivity index (χ3n) is 3.56. The first-order valence-electron chi connectivity index (χ1n) is 6.04. The van der Waals surface area contributed by atoms with Crippen LogP contribution in [0.1, 0.15) is 38.5 Å². The van der Waals surface area contributed by atoms with Crippen molar-refractivity contribution < 1.29 is 9.53 Å². The molecule has 0 radical (unpaired) electrons. The Morgan fingerprint density at radius 1 is 1.38 bits per heavy atom. The summed E-state index contributed by atoms with van der Waals surface area (Å²) in [6.45, 7) is 2.29. The Hall–Kier alpha value is -1.08. The van der Waals surface area contributed by atoms with Crippen molar-refractivity contribution in [3.63, 3.8) is 0 Å². The van der Waals surface area contributed by atoms with Crippen LogP contribution >= 0.6 is 0 Å². The summed E-state index contributed by atoms with van der Waals surface area (Å²) in [6.07, 6.45) is 5.44. The quantitative estimate of drug-likeness (QED) is 0.675. The van der Waals surface area contributed by atoms with Crippen LogP contribution in [0.25, 0.3) is 0 Å². The first-order valence-corrected chi connectivity index (χ1v) is 6.04. The average molecular weight is 222 g/mol. The minimum absolute atomic E-state index is 0.00389. The molecule has 0 aromatic carbocycles. The number of carbonyl (C=O) groups excluding carboxylic acids is 1. The fourth-order valence-corrected chi connectivity index (χ4v) is 2.72. The zero-order valence-corrected chi connectivity index (χ0v) is 9.57. The maximum absolute atomic E-state index is 11.7. The maximum Gasteiger partial charge on any atom is 0.236 e. The molecule has 16 heavy (non-hydrogen) atoms. The van der Waals surface area contributed by atoms with Crippen molar-refractivity contribution in [1.29, 1.82) is 5.26 Å². The van der Waals surface area contributed by atoms with Crippen molar-refractivity contribution in [3.8, 4) is 6.07 Å². The summed E-state index contributed by atoms with van der Waals surface area (Å²) < 4.78 is 5.89. The Bertz CT molecular complexity index is 297. The predicted molar refractivity (Wildman–Crippen MR) is 58.6 cm³/mol. The summed E-state index contributed by atoms with van der Waals surface area (Å²) in [6, 6.07) is 1.92. The highest BCUT2D eigenvalue weighted by atomic mass is 16.5. The number of nitriles is 1. The van der Waals surface area contributed by atoms with E-state index in [0.717, 1.165) is 38.8 Å². The van der Waals surface area contributed by atoms with Crippen LogP contribution in [0.5, 0.6) is 0 Å². The Labute approximate surface area is 96.2 Å². The van der Waals surface area contributed by atoms with Gasteiger partial charge in [-0.15, -0.1) is 0 Å². The van der Waals surface area contributed by atoms with Gasteiger partial charge >= 0.3 is 0 Å². The van der Waals surface area contributed by atoms with Gasteiger partial charge in [0.05, 0.1) is 11.7 Å². The standard InChI is InChI=1S/C12H18N2O2/c13-7-4-11(15)14-8-3-6-12(10-14)5-1-2-9-16-12/h1-6,8-10H2. The number of piperidine rings is 1. The van der Waals surface area contributed by atoms with Gasteiger partial charge in [-0.3, -0.25) is 4.79 Å². The van der Waals surface area contributed by atoms with E-state index in [2.05, 4.69) is 0 Å². The van der Waals surface area contributed by atoms with Gasteiger partial charge < -0.3 is 9.64 Å². The van der Waals surface area contributed by atoms with Crippen LogP contribution in [-0.2, 0) is 9.53 Å². The molecule has 88 valence electrons. The molecule has 2 heterocycles. The molecule has 4 heteroatoms. The fraction of sp³-hybridized carbons (Fsp3) is 0.833. The van der Waals surface area contributed by atoms with E-state index in [9.17, 15) is 4.79 Å². The van der Waals surface area contributed by atoms with Crippen LogP contribution in [0.3, 0.4) is 0 Å². The van der Waals surface area contributed by atoms with E-state index < -0.39 is 0 Å². The lowest BCUT2D eigenvalue weighted by atomic mass is 9.85. The fourth-order valence-electron chi connectivity index (χ4n) is 2.72. The Balaban J connectivity index is 1.98. The van der Waals surface area contributed by atoms with E-state index in [1.165, 1.54) is 6.42 Å². The SMILES string of the molecule is N#CCC(=O)N1CCCC2(CCCCO2)C1. The van der Waals surface area contributed by atoms with E-state index >= 15 is 0 Å². The highest BCUT2D eigenvalue weighted by Crippen LogP contribution is 2.33. The zero-order chi connectivity index (χ0) is 11.4. The number of ether oxygens (including phenoxy) is 1. The predicted octanol–water partition coefficient (Wildman–Crippen LogP) is 1.46. The first kappa shape index (κ1) is 11.4. The van der Waals surface area contributed by atoms with E-state index in [-0.39, 0.29) is 17.9 Å². The molecule has 0 aromatic rings. The molecule has 0 N–H and O–H groups in total. The molecular formula is C12H18N2O2. The lowest BCUT2D eigenvalue weighted by Gasteiger charge is -2.44. The number of likely N-dealkylation sites (tertiary alicyclic amines) is 1. The zero-order valence-electron chi connectivity index (χ0n) is 9.57. The number of hydrogen-bond donors (Lipinski definition) is 0. The van der Waals surface area contributed by atoms with Crippen LogP contribution in [0.15, 0.2) is 0 Å². The van der Waals surface area contributed by atoms with Gasteiger partial charge in [0.25, 0.3) is 0 Å². The molecule has 2 aliphatic rings. The molecule has 0 aromatic heterocycles. The van der Waals surface area contributed by atoms with Crippen molar-refractivity contribution in [2.24, 2.45) is 0 Å². The van der Waals surface area contributed by atoms with E-state index in [1.807, 2.05) is 6.07 Å². The lowest BCUT2D eigenvalue weighted by Crippen LogP contribution is -2.53. The van der Waals surface area contributed by atoms with E-state index in [0.29, 0.717) is 6.54 Å². The topological polar surface area (TPSA) is 53.3 Å². The van der Waals surface area contributed by atoms with E-state index in [1.54, 1.807) is 4.90 Å². The van der Waals surface area contributed by atoms with Gasteiger partial charge in [0, 0.05) is 19.7 Å². The average Bonchev–Trinajstić information content (AvgIpc) is 2.30. The van der Waals surface area contributed by atoms with Gasteiger partial charge in [-0.25, -0.2) is 0 Å². The van der Waals surface area contributed by atoms with Gasteiger partial charge in [-0.05, 0) is 32.1 Å². The van der Waals surface area contributed by atoms with E-state index in [4.69, 9.17) is 10.00 Å². The van der Waals surface area contributed by atoms with Crippen molar-refractivity contribution in [2.75, 3.05) is 19.7 Å². The van der Waals surface area contributed by atoms with Gasteiger partial charge in [0.2, 0.25) is 5.91 Å². The van der Waals surface area contributed by atoms with Crippen LogP contribution in [0.4, 0.5) is 0 Å². The number of carbonyl (C=O) groups is 1. The molecule has 1 spiro atoms. The Morgan fingerprint density at radius 2 is 2.19 bits per heavy atom. The number of amides is 1. The molecule has 2 saturated heterocycles. The molecule has 0 saturated carbocycles. The molecule has 2 aliphatic heterocycles. The molecule has 1 unspecified atom stereocenters. The highest BCUT2D eigenvalue weighted by Gasteiger charge is 2.38. The molecule has 1 atom stereocenters. The number of nitrogens with zero attached hydrogens (tertiary/aromatic N) is 2. The highest BCUT2D eigenvalue weighted by molar-refractivity contribution is 5.78. The maximum atomic E-state index is 11.7. The minimum Gasteiger partial charge on any atom is -0.373 e. The third-order valence-corrected chi connectivity index (χ3v) is 3.56. The Morgan fingerprint density at radius 3 is 2.88 bits per heavy atom. The summed E-state index contributed by atoms with van der Waals surface area (Å²) in [5.74, 6) is -0.0456. The molecule has 0 bridgehead atoms. The summed E-state index contributed by atoms with van der Waals surface area (Å²) in [7, 11) is 0. The van der Waals surface area contributed by atoms with Crippen LogP contribution < -0.4 is 0 Å². The summed E-state index contributed by atoms with van der Waals surface area (Å²) in [5, 5.41) is 8.54. The van der Waals surface area contributed by atoms with Crippen LogP contribution in [-0.4, -0.2) is 36.1 Å². The second-order valence-electron chi connectivity index (χ2n) is 4.74. The first-order chi connectivity index (χ1) is 7.76. The summed E-state index contributed by atoms with van der Waals surface area (Å²) in [5.41, 5.74) is -0.0956. The molecule has 0 aliphatic carbocycles. The largest absolute Gasteiger partial charge is 0.373 e. The Kier molecular flexibility index (Phi) is 3.45. The van der Waals surface area contributed by atoms with Crippen LogP contribution in [0, 0.1) is 11.3 Å². The third kappa shape index (κ3) is 2.35.